The van der Waals surface area contributed by atoms with Gasteiger partial charge in [-0.15, -0.1) is 6.42 Å². The average molecular weight is 156 g/mol. The third-order valence-corrected chi connectivity index (χ3v) is 2.08. The Labute approximate surface area is 74.7 Å². The summed E-state index contributed by atoms with van der Waals surface area (Å²) in [5.41, 5.74) is 0. The minimum absolute atomic E-state index is 0.575. The molecule has 1 fully saturated rings. The highest BCUT2D eigenvalue weighted by Gasteiger charge is 2.09. The van der Waals surface area contributed by atoms with Crippen molar-refractivity contribution >= 4 is 0 Å². The SMILES string of the molecule is C#CC#CC#CC1CCCCC1. The maximum atomic E-state index is 4.96. The van der Waals surface area contributed by atoms with Crippen LogP contribution in [0.25, 0.3) is 0 Å². The zero-order valence-corrected chi connectivity index (χ0v) is 7.19. The number of terminal acetylenes is 1. The summed E-state index contributed by atoms with van der Waals surface area (Å²) < 4.78 is 0. The predicted octanol–water partition coefficient (Wildman–Crippen LogP) is 2.21. The zero-order valence-electron chi connectivity index (χ0n) is 7.19. The van der Waals surface area contributed by atoms with Crippen molar-refractivity contribution in [1.82, 2.24) is 0 Å². The number of rotatable bonds is 0. The van der Waals surface area contributed by atoms with Gasteiger partial charge in [-0.2, -0.15) is 0 Å². The van der Waals surface area contributed by atoms with Crippen LogP contribution in [0.1, 0.15) is 32.1 Å². The standard InChI is InChI=1S/C12H12/c1-2-3-4-6-9-12-10-7-5-8-11-12/h1,12H,5,7-8,10-11H2. The molecule has 0 aromatic carbocycles. The molecule has 60 valence electrons. The van der Waals surface area contributed by atoms with E-state index in [1.165, 1.54) is 32.1 Å². The van der Waals surface area contributed by atoms with Crippen LogP contribution in [-0.4, -0.2) is 0 Å². The summed E-state index contributed by atoms with van der Waals surface area (Å²) in [7, 11) is 0. The van der Waals surface area contributed by atoms with E-state index in [0.29, 0.717) is 5.92 Å². The van der Waals surface area contributed by atoms with E-state index >= 15 is 0 Å². The Kier molecular flexibility index (Phi) is 3.91. The summed E-state index contributed by atoms with van der Waals surface area (Å²) in [5, 5.41) is 0. The molecule has 0 aromatic rings. The Balaban J connectivity index is 2.37. The van der Waals surface area contributed by atoms with E-state index in [-0.39, 0.29) is 0 Å². The van der Waals surface area contributed by atoms with Gasteiger partial charge in [-0.3, -0.25) is 0 Å². The van der Waals surface area contributed by atoms with E-state index in [1.807, 2.05) is 0 Å². The van der Waals surface area contributed by atoms with Gasteiger partial charge in [0.2, 0.25) is 0 Å². The molecule has 0 spiro atoms. The Morgan fingerprint density at radius 3 is 2.33 bits per heavy atom. The molecule has 0 amide bonds. The van der Waals surface area contributed by atoms with Gasteiger partial charge < -0.3 is 0 Å². The monoisotopic (exact) mass is 156 g/mol. The van der Waals surface area contributed by atoms with Gasteiger partial charge >= 0.3 is 0 Å². The van der Waals surface area contributed by atoms with Crippen molar-refractivity contribution in [2.45, 2.75) is 32.1 Å². The molecule has 1 aliphatic carbocycles. The lowest BCUT2D eigenvalue weighted by Gasteiger charge is -2.14. The third kappa shape index (κ3) is 3.18. The van der Waals surface area contributed by atoms with Crippen LogP contribution in [0.5, 0.6) is 0 Å². The molecular weight excluding hydrogens is 144 g/mol. The van der Waals surface area contributed by atoms with Crippen molar-refractivity contribution in [2.24, 2.45) is 5.92 Å². The Morgan fingerprint density at radius 1 is 0.917 bits per heavy atom. The maximum absolute atomic E-state index is 4.96. The molecular formula is C12H12. The summed E-state index contributed by atoms with van der Waals surface area (Å²) in [6.45, 7) is 0. The first-order chi connectivity index (χ1) is 5.93. The second-order valence-electron chi connectivity index (χ2n) is 3.00. The molecule has 0 unspecified atom stereocenters. The quantitative estimate of drug-likeness (QED) is 0.472. The molecule has 0 aromatic heterocycles. The zero-order chi connectivity index (χ0) is 8.65. The van der Waals surface area contributed by atoms with Crippen molar-refractivity contribution in [1.29, 1.82) is 0 Å². The predicted molar refractivity (Wildman–Crippen MR) is 51.0 cm³/mol. The first-order valence-electron chi connectivity index (χ1n) is 4.39. The van der Waals surface area contributed by atoms with Gasteiger partial charge in [0.25, 0.3) is 0 Å². The van der Waals surface area contributed by atoms with Crippen LogP contribution < -0.4 is 0 Å². The lowest BCUT2D eigenvalue weighted by Crippen LogP contribution is -2.02. The lowest BCUT2D eigenvalue weighted by atomic mass is 9.90. The average Bonchev–Trinajstić information content (AvgIpc) is 2.14. The summed E-state index contributed by atoms with van der Waals surface area (Å²) in [5.74, 6) is 13.9. The van der Waals surface area contributed by atoms with Crippen LogP contribution in [0.2, 0.25) is 0 Å². The minimum Gasteiger partial charge on any atom is -0.106 e. The molecule has 1 saturated carbocycles. The topological polar surface area (TPSA) is 0 Å². The molecule has 12 heavy (non-hydrogen) atoms. The fraction of sp³-hybridized carbons (Fsp3) is 0.500. The Bertz CT molecular complexity index is 276. The van der Waals surface area contributed by atoms with Crippen LogP contribution in [0.15, 0.2) is 0 Å². The molecule has 1 aliphatic rings. The van der Waals surface area contributed by atoms with Crippen LogP contribution in [0.3, 0.4) is 0 Å². The largest absolute Gasteiger partial charge is 0.106 e. The van der Waals surface area contributed by atoms with Crippen LogP contribution >= 0.6 is 0 Å². The van der Waals surface area contributed by atoms with Crippen LogP contribution in [0, 0.1) is 41.9 Å². The Morgan fingerprint density at radius 2 is 1.67 bits per heavy atom. The molecule has 0 heteroatoms. The fourth-order valence-corrected chi connectivity index (χ4v) is 1.45. The summed E-state index contributed by atoms with van der Waals surface area (Å²) in [6, 6.07) is 0. The van der Waals surface area contributed by atoms with Crippen LogP contribution in [-0.2, 0) is 0 Å². The number of hydrogen-bond acceptors (Lipinski definition) is 0. The molecule has 1 rings (SSSR count). The molecule has 0 nitrogen and oxygen atoms in total. The molecule has 0 bridgehead atoms. The highest BCUT2D eigenvalue weighted by Crippen LogP contribution is 2.22. The lowest BCUT2D eigenvalue weighted by molar-refractivity contribution is 0.430. The van der Waals surface area contributed by atoms with E-state index < -0.39 is 0 Å². The normalized spacial score (nSPS) is 16.2. The minimum atomic E-state index is 0.575. The van der Waals surface area contributed by atoms with Crippen molar-refractivity contribution in [2.75, 3.05) is 0 Å². The van der Waals surface area contributed by atoms with E-state index in [1.54, 1.807) is 0 Å². The van der Waals surface area contributed by atoms with Gasteiger partial charge in [0.1, 0.15) is 0 Å². The van der Waals surface area contributed by atoms with Gasteiger partial charge in [-0.25, -0.2) is 0 Å². The summed E-state index contributed by atoms with van der Waals surface area (Å²) in [4.78, 5) is 0. The van der Waals surface area contributed by atoms with Gasteiger partial charge in [0.15, 0.2) is 0 Å². The smallest absolute Gasteiger partial charge is 0.0213 e. The molecule has 0 radical (unpaired) electrons. The first kappa shape index (κ1) is 8.77. The molecule has 0 saturated heterocycles. The second kappa shape index (κ2) is 5.35. The van der Waals surface area contributed by atoms with Gasteiger partial charge in [0.05, 0.1) is 0 Å². The van der Waals surface area contributed by atoms with Gasteiger partial charge in [0, 0.05) is 5.92 Å². The van der Waals surface area contributed by atoms with Gasteiger partial charge in [-0.05, 0) is 36.5 Å². The highest BCUT2D eigenvalue weighted by atomic mass is 14.1. The highest BCUT2D eigenvalue weighted by molar-refractivity contribution is 5.34. The van der Waals surface area contributed by atoms with E-state index in [4.69, 9.17) is 6.42 Å². The third-order valence-electron chi connectivity index (χ3n) is 2.08. The van der Waals surface area contributed by atoms with E-state index in [2.05, 4.69) is 29.6 Å². The maximum Gasteiger partial charge on any atom is 0.0213 e. The van der Waals surface area contributed by atoms with Gasteiger partial charge in [-0.1, -0.05) is 25.2 Å². The Hall–Kier alpha value is -1.32. The summed E-state index contributed by atoms with van der Waals surface area (Å²) in [6.07, 6.45) is 11.4. The van der Waals surface area contributed by atoms with Crippen molar-refractivity contribution in [3.05, 3.63) is 0 Å². The number of hydrogen-bond donors (Lipinski definition) is 0. The molecule has 0 atom stereocenters. The molecule has 0 heterocycles. The van der Waals surface area contributed by atoms with Crippen molar-refractivity contribution in [3.63, 3.8) is 0 Å². The molecule has 0 aliphatic heterocycles. The van der Waals surface area contributed by atoms with E-state index in [9.17, 15) is 0 Å². The van der Waals surface area contributed by atoms with E-state index in [0.717, 1.165) is 0 Å². The second-order valence-corrected chi connectivity index (χ2v) is 3.00. The molecule has 0 N–H and O–H groups in total. The first-order valence-corrected chi connectivity index (χ1v) is 4.39. The van der Waals surface area contributed by atoms with Crippen LogP contribution in [0.4, 0.5) is 0 Å². The fourth-order valence-electron chi connectivity index (χ4n) is 1.45. The van der Waals surface area contributed by atoms with Crippen molar-refractivity contribution in [3.8, 4) is 36.0 Å². The summed E-state index contributed by atoms with van der Waals surface area (Å²) >= 11 is 0. The van der Waals surface area contributed by atoms with Crippen molar-refractivity contribution < 1.29 is 0 Å².